The highest BCUT2D eigenvalue weighted by Gasteiger charge is 2.34. The number of benzene rings is 2. The van der Waals surface area contributed by atoms with Crippen molar-refractivity contribution in [2.75, 3.05) is 11.4 Å². The summed E-state index contributed by atoms with van der Waals surface area (Å²) in [4.78, 5) is 26.4. The largest absolute Gasteiger partial charge is 0.340 e. The molecular formula is C19H18F2N2O2. The molecule has 1 fully saturated rings. The number of carbonyl (C=O) groups is 2. The number of hydrogen-bond acceptors (Lipinski definition) is 2. The van der Waals surface area contributed by atoms with Gasteiger partial charge in [-0.3, -0.25) is 9.59 Å². The van der Waals surface area contributed by atoms with Gasteiger partial charge in [0.25, 0.3) is 5.91 Å². The molecule has 1 N–H and O–H groups in total. The lowest BCUT2D eigenvalue weighted by Gasteiger charge is -2.18. The molecule has 0 saturated carbocycles. The standard InChI is InChI=1S/C19H18F2N2O2/c1-11-7-12(2)9-14(8-11)23-6-5-17(19(23)25)22-18(24)13-3-4-15(20)16(21)10-13/h3-4,7-10,17H,5-6H2,1-2H3,(H,22,24)/t17-/m1/s1. The first-order valence-electron chi connectivity index (χ1n) is 8.01. The molecule has 1 aliphatic heterocycles. The molecule has 25 heavy (non-hydrogen) atoms. The summed E-state index contributed by atoms with van der Waals surface area (Å²) < 4.78 is 26.2. The summed E-state index contributed by atoms with van der Waals surface area (Å²) in [6.45, 7) is 4.41. The van der Waals surface area contributed by atoms with Crippen molar-refractivity contribution in [2.45, 2.75) is 26.3 Å². The minimum absolute atomic E-state index is 0.0171. The normalized spacial score (nSPS) is 17.0. The maximum atomic E-state index is 13.3. The van der Waals surface area contributed by atoms with Gasteiger partial charge in [-0.2, -0.15) is 0 Å². The molecule has 130 valence electrons. The van der Waals surface area contributed by atoms with Crippen LogP contribution >= 0.6 is 0 Å². The number of anilines is 1. The molecule has 0 spiro atoms. The number of carbonyl (C=O) groups excluding carboxylic acids is 2. The first kappa shape index (κ1) is 17.1. The highest BCUT2D eigenvalue weighted by Crippen LogP contribution is 2.24. The lowest BCUT2D eigenvalue weighted by Crippen LogP contribution is -2.41. The fourth-order valence-corrected chi connectivity index (χ4v) is 3.06. The van der Waals surface area contributed by atoms with E-state index in [0.717, 1.165) is 28.9 Å². The average molecular weight is 344 g/mol. The molecule has 1 atom stereocenters. The number of rotatable bonds is 3. The second-order valence-electron chi connectivity index (χ2n) is 6.28. The van der Waals surface area contributed by atoms with Crippen molar-refractivity contribution in [3.63, 3.8) is 0 Å². The van der Waals surface area contributed by atoms with Gasteiger partial charge in [-0.15, -0.1) is 0 Å². The monoisotopic (exact) mass is 344 g/mol. The van der Waals surface area contributed by atoms with Crippen molar-refractivity contribution in [3.8, 4) is 0 Å². The predicted octanol–water partition coefficient (Wildman–Crippen LogP) is 3.12. The number of hydrogen-bond donors (Lipinski definition) is 1. The van der Waals surface area contributed by atoms with Gasteiger partial charge in [0.05, 0.1) is 0 Å². The number of aryl methyl sites for hydroxylation is 2. The van der Waals surface area contributed by atoms with Crippen LogP contribution in [0.4, 0.5) is 14.5 Å². The van der Waals surface area contributed by atoms with Crippen LogP contribution in [0.3, 0.4) is 0 Å². The Bertz CT molecular complexity index is 831. The Balaban J connectivity index is 1.73. The van der Waals surface area contributed by atoms with Crippen LogP contribution in [0.1, 0.15) is 27.9 Å². The van der Waals surface area contributed by atoms with Gasteiger partial charge >= 0.3 is 0 Å². The van der Waals surface area contributed by atoms with Crippen molar-refractivity contribution in [1.82, 2.24) is 5.32 Å². The van der Waals surface area contributed by atoms with Crippen molar-refractivity contribution in [1.29, 1.82) is 0 Å². The molecule has 2 amide bonds. The van der Waals surface area contributed by atoms with E-state index in [9.17, 15) is 18.4 Å². The van der Waals surface area contributed by atoms with E-state index in [4.69, 9.17) is 0 Å². The van der Waals surface area contributed by atoms with Crippen LogP contribution in [0, 0.1) is 25.5 Å². The second kappa shape index (κ2) is 6.63. The summed E-state index contributed by atoms with van der Waals surface area (Å²) in [6.07, 6.45) is 0.460. The molecule has 1 saturated heterocycles. The maximum absolute atomic E-state index is 13.3. The SMILES string of the molecule is Cc1cc(C)cc(N2CC[C@@H](NC(=O)c3ccc(F)c(F)c3)C2=O)c1. The van der Waals surface area contributed by atoms with Gasteiger partial charge in [0.1, 0.15) is 6.04 Å². The second-order valence-corrected chi connectivity index (χ2v) is 6.28. The highest BCUT2D eigenvalue weighted by atomic mass is 19.2. The zero-order valence-corrected chi connectivity index (χ0v) is 14.0. The molecule has 4 nitrogen and oxygen atoms in total. The predicted molar refractivity (Wildman–Crippen MR) is 90.5 cm³/mol. The Morgan fingerprint density at radius 1 is 1.08 bits per heavy atom. The first-order chi connectivity index (χ1) is 11.8. The van der Waals surface area contributed by atoms with Crippen molar-refractivity contribution < 1.29 is 18.4 Å². The summed E-state index contributed by atoms with van der Waals surface area (Å²) >= 11 is 0. The van der Waals surface area contributed by atoms with E-state index < -0.39 is 23.6 Å². The van der Waals surface area contributed by atoms with E-state index in [1.165, 1.54) is 6.07 Å². The summed E-state index contributed by atoms with van der Waals surface area (Å²) in [5, 5.41) is 2.60. The van der Waals surface area contributed by atoms with Crippen molar-refractivity contribution >= 4 is 17.5 Å². The van der Waals surface area contributed by atoms with Crippen LogP contribution in [0.15, 0.2) is 36.4 Å². The molecule has 6 heteroatoms. The third-order valence-electron chi connectivity index (χ3n) is 4.21. The zero-order valence-electron chi connectivity index (χ0n) is 14.0. The number of nitrogens with zero attached hydrogens (tertiary/aromatic N) is 1. The lowest BCUT2D eigenvalue weighted by atomic mass is 10.1. The minimum Gasteiger partial charge on any atom is -0.340 e. The van der Waals surface area contributed by atoms with Gasteiger partial charge in [0.15, 0.2) is 11.6 Å². The molecule has 0 radical (unpaired) electrons. The van der Waals surface area contributed by atoms with Gasteiger partial charge in [0, 0.05) is 17.8 Å². The number of amides is 2. The number of nitrogens with one attached hydrogen (secondary N) is 1. The van der Waals surface area contributed by atoms with Gasteiger partial charge < -0.3 is 10.2 Å². The molecule has 0 aromatic heterocycles. The van der Waals surface area contributed by atoms with Gasteiger partial charge in [0.2, 0.25) is 5.91 Å². The van der Waals surface area contributed by atoms with Gasteiger partial charge in [-0.05, 0) is 61.7 Å². The Morgan fingerprint density at radius 3 is 2.40 bits per heavy atom. The van der Waals surface area contributed by atoms with Crippen LogP contribution in [0.25, 0.3) is 0 Å². The lowest BCUT2D eigenvalue weighted by molar-refractivity contribution is -0.118. The van der Waals surface area contributed by atoms with E-state index in [2.05, 4.69) is 5.32 Å². The van der Waals surface area contributed by atoms with E-state index in [0.29, 0.717) is 13.0 Å². The Morgan fingerprint density at radius 2 is 1.76 bits per heavy atom. The summed E-state index contributed by atoms with van der Waals surface area (Å²) in [5.41, 5.74) is 2.89. The summed E-state index contributed by atoms with van der Waals surface area (Å²) in [5.74, 6) is -2.92. The average Bonchev–Trinajstić information content (AvgIpc) is 2.90. The molecule has 2 aromatic carbocycles. The van der Waals surface area contributed by atoms with E-state index in [1.54, 1.807) is 4.90 Å². The Kier molecular flexibility index (Phi) is 4.53. The molecular weight excluding hydrogens is 326 g/mol. The van der Waals surface area contributed by atoms with Crippen LogP contribution in [0.5, 0.6) is 0 Å². The van der Waals surface area contributed by atoms with Gasteiger partial charge in [-0.25, -0.2) is 8.78 Å². The molecule has 0 unspecified atom stereocenters. The fourth-order valence-electron chi connectivity index (χ4n) is 3.06. The van der Waals surface area contributed by atoms with Gasteiger partial charge in [-0.1, -0.05) is 6.07 Å². The van der Waals surface area contributed by atoms with Crippen LogP contribution in [-0.2, 0) is 4.79 Å². The quantitative estimate of drug-likeness (QED) is 0.930. The molecule has 0 bridgehead atoms. The zero-order chi connectivity index (χ0) is 18.1. The maximum Gasteiger partial charge on any atom is 0.252 e. The molecule has 0 aliphatic carbocycles. The minimum atomic E-state index is -1.10. The Labute approximate surface area is 144 Å². The van der Waals surface area contributed by atoms with E-state index in [-0.39, 0.29) is 11.5 Å². The van der Waals surface area contributed by atoms with E-state index in [1.807, 2.05) is 32.0 Å². The van der Waals surface area contributed by atoms with Crippen LogP contribution in [0.2, 0.25) is 0 Å². The Hall–Kier alpha value is -2.76. The fraction of sp³-hybridized carbons (Fsp3) is 0.263. The van der Waals surface area contributed by atoms with Crippen LogP contribution in [-0.4, -0.2) is 24.4 Å². The molecule has 2 aromatic rings. The van der Waals surface area contributed by atoms with Crippen molar-refractivity contribution in [2.24, 2.45) is 0 Å². The van der Waals surface area contributed by atoms with Crippen molar-refractivity contribution in [3.05, 3.63) is 64.7 Å². The van der Waals surface area contributed by atoms with E-state index >= 15 is 0 Å². The number of halogens is 2. The smallest absolute Gasteiger partial charge is 0.252 e. The van der Waals surface area contributed by atoms with Crippen LogP contribution < -0.4 is 10.2 Å². The summed E-state index contributed by atoms with van der Waals surface area (Å²) in [7, 11) is 0. The molecule has 1 aliphatic rings. The molecule has 3 rings (SSSR count). The highest BCUT2D eigenvalue weighted by molar-refractivity contribution is 6.04. The third-order valence-corrected chi connectivity index (χ3v) is 4.21. The molecule has 1 heterocycles. The third kappa shape index (κ3) is 3.52. The first-order valence-corrected chi connectivity index (χ1v) is 8.01. The topological polar surface area (TPSA) is 49.4 Å². The summed E-state index contributed by atoms with van der Waals surface area (Å²) in [6, 6.07) is 8.09.